The molecule has 1 heterocycles. The van der Waals surface area contributed by atoms with Gasteiger partial charge in [-0.05, 0) is 48.0 Å². The van der Waals surface area contributed by atoms with E-state index in [0.717, 1.165) is 24.3 Å². The topological polar surface area (TPSA) is 267 Å². The van der Waals surface area contributed by atoms with Gasteiger partial charge in [-0.3, -0.25) is 14.8 Å². The van der Waals surface area contributed by atoms with E-state index < -0.39 is 69.9 Å². The van der Waals surface area contributed by atoms with Crippen molar-refractivity contribution in [2.75, 3.05) is 12.4 Å². The predicted octanol–water partition coefficient (Wildman–Crippen LogP) is -2.23. The summed E-state index contributed by atoms with van der Waals surface area (Å²) in [6, 6.07) is 7.80. The van der Waals surface area contributed by atoms with Gasteiger partial charge in [-0.2, -0.15) is 8.42 Å². The molecule has 8 N–H and O–H groups in total. The maximum absolute atomic E-state index is 12.5. The molecule has 17 heteroatoms. The number of fused-ring (bicyclic) bond motifs is 2. The Kier molecular flexibility index (Phi) is 8.26. The molecule has 0 fully saturated rings. The fourth-order valence-electron chi connectivity index (χ4n) is 4.06. The Bertz CT molecular complexity index is 1920. The van der Waals surface area contributed by atoms with Crippen molar-refractivity contribution < 1.29 is 74.6 Å². The molecule has 0 bridgehead atoms. The molecular formula is C22H17N4NaO10S2. The van der Waals surface area contributed by atoms with Crippen molar-refractivity contribution >= 4 is 48.8 Å². The number of benzene rings is 3. The van der Waals surface area contributed by atoms with Crippen LogP contribution in [-0.2, 0) is 20.2 Å². The normalized spacial score (nSPS) is 11.8. The Labute approximate surface area is 242 Å². The minimum Gasteiger partial charge on any atom is -0.744 e. The van der Waals surface area contributed by atoms with E-state index in [2.05, 4.69) is 5.32 Å². The van der Waals surface area contributed by atoms with Gasteiger partial charge >= 0.3 is 35.5 Å². The number of carboxylic acid groups (broad SMARTS) is 1. The molecule has 1 amide bonds. The Morgan fingerprint density at radius 1 is 1.03 bits per heavy atom. The van der Waals surface area contributed by atoms with E-state index in [4.69, 9.17) is 21.3 Å². The molecule has 0 radical (unpaired) electrons. The molecule has 2 aliphatic rings. The first-order chi connectivity index (χ1) is 17.7. The molecule has 1 aliphatic heterocycles. The number of nitrogens with two attached hydrogens (primary N) is 2. The van der Waals surface area contributed by atoms with Crippen LogP contribution in [0.4, 0.5) is 5.69 Å². The first-order valence-electron chi connectivity index (χ1n) is 10.3. The number of anilines is 1. The molecule has 0 spiro atoms. The van der Waals surface area contributed by atoms with Gasteiger partial charge in [0.1, 0.15) is 15.0 Å². The second-order valence-electron chi connectivity index (χ2n) is 7.86. The smallest absolute Gasteiger partial charge is 0.744 e. The van der Waals surface area contributed by atoms with Gasteiger partial charge in [0.2, 0.25) is 0 Å². The van der Waals surface area contributed by atoms with Crippen LogP contribution < -0.4 is 51.7 Å². The number of carbonyl (C=O) groups is 2. The van der Waals surface area contributed by atoms with Crippen molar-refractivity contribution in [2.45, 2.75) is 9.79 Å². The van der Waals surface area contributed by atoms with Crippen LogP contribution in [-0.4, -0.2) is 49.6 Å². The average Bonchev–Trinajstić information content (AvgIpc) is 2.80. The zero-order chi connectivity index (χ0) is 28.2. The summed E-state index contributed by atoms with van der Waals surface area (Å²) in [5.41, 5.74) is 8.68. The summed E-state index contributed by atoms with van der Waals surface area (Å²) < 4.78 is 76.2. The largest absolute Gasteiger partial charge is 1.00 e. The van der Waals surface area contributed by atoms with Crippen LogP contribution in [0, 0.1) is 5.41 Å². The standard InChI is InChI=1S/C22H18N4O10S2.Na/c23-8-26-21(27)9-1-2-10(22(28)29)13(7-9)16-11-3-5-14(24)19(37(30,31)32)17(11)36-18-12(16)4-6-15(25)20(18)38(33,34)35;/h1-7,24H,8,23,25H2,(H,26,27)(H,28,29)(H,30,31,32)(H,33,34,35);/q;+1/p-1. The fourth-order valence-corrected chi connectivity index (χ4v) is 5.53. The minimum absolute atomic E-state index is 0. The number of aromatic carboxylic acids is 1. The van der Waals surface area contributed by atoms with Gasteiger partial charge in [0.05, 0.1) is 23.3 Å². The van der Waals surface area contributed by atoms with Crippen LogP contribution in [0.5, 0.6) is 0 Å². The van der Waals surface area contributed by atoms with E-state index in [-0.39, 0.29) is 63.9 Å². The van der Waals surface area contributed by atoms with Crippen molar-refractivity contribution in [1.29, 1.82) is 5.41 Å². The van der Waals surface area contributed by atoms with Crippen LogP contribution in [0.25, 0.3) is 33.4 Å². The van der Waals surface area contributed by atoms with Crippen LogP contribution in [0.1, 0.15) is 20.7 Å². The summed E-state index contributed by atoms with van der Waals surface area (Å²) in [4.78, 5) is 22.5. The number of amides is 1. The second-order valence-corrected chi connectivity index (χ2v) is 10.5. The maximum atomic E-state index is 12.5. The number of nitrogen functional groups attached to an aromatic ring is 1. The minimum atomic E-state index is -5.36. The Morgan fingerprint density at radius 2 is 1.69 bits per heavy atom. The van der Waals surface area contributed by atoms with E-state index in [1.54, 1.807) is 0 Å². The van der Waals surface area contributed by atoms with Crippen LogP contribution in [0.2, 0.25) is 0 Å². The van der Waals surface area contributed by atoms with E-state index in [9.17, 15) is 40.6 Å². The number of hydrogen-bond acceptors (Lipinski definition) is 11. The molecule has 198 valence electrons. The molecule has 0 saturated carbocycles. The summed E-state index contributed by atoms with van der Waals surface area (Å²) in [5.74, 6) is -2.93. The van der Waals surface area contributed by atoms with E-state index in [1.807, 2.05) is 0 Å². The fraction of sp³-hybridized carbons (Fsp3) is 0.0455. The Balaban J connectivity index is 0.00000420. The average molecular weight is 585 g/mol. The number of carboxylic acids is 1. The SMILES string of the molecule is N=c1ccc2c(-c3cc(C(=O)NCN)ccc3C(=O)O)c3ccc(N)c(S(=O)(=O)[O-])c3oc-2c1S(=O)(=O)O.[Na+]. The van der Waals surface area contributed by atoms with Gasteiger partial charge in [-0.25, -0.2) is 13.2 Å². The van der Waals surface area contributed by atoms with Crippen molar-refractivity contribution in [3.8, 4) is 22.5 Å². The third-order valence-corrected chi connectivity index (χ3v) is 7.39. The quantitative estimate of drug-likeness (QED) is 0.0462. The maximum Gasteiger partial charge on any atom is 1.00 e. The van der Waals surface area contributed by atoms with Crippen molar-refractivity contribution in [3.05, 3.63) is 58.9 Å². The first-order valence-corrected chi connectivity index (χ1v) is 13.2. The van der Waals surface area contributed by atoms with Crippen molar-refractivity contribution in [3.63, 3.8) is 0 Å². The molecule has 0 unspecified atom stereocenters. The summed E-state index contributed by atoms with van der Waals surface area (Å²) in [7, 11) is -10.5. The monoisotopic (exact) mass is 584 g/mol. The molecule has 2 aromatic carbocycles. The summed E-state index contributed by atoms with van der Waals surface area (Å²) >= 11 is 0. The summed E-state index contributed by atoms with van der Waals surface area (Å²) in [6.45, 7) is -0.251. The van der Waals surface area contributed by atoms with E-state index in [0.29, 0.717) is 0 Å². The summed E-state index contributed by atoms with van der Waals surface area (Å²) in [5, 5.41) is 19.3. The Hall–Kier alpha value is -3.35. The number of nitrogens with one attached hydrogen (secondary N) is 2. The number of hydrogen-bond donors (Lipinski definition) is 6. The van der Waals surface area contributed by atoms with Gasteiger partial charge in [-0.15, -0.1) is 0 Å². The molecule has 0 atom stereocenters. The molecule has 0 saturated heterocycles. The van der Waals surface area contributed by atoms with Gasteiger partial charge in [0.25, 0.3) is 16.0 Å². The van der Waals surface area contributed by atoms with E-state index in [1.165, 1.54) is 18.2 Å². The van der Waals surface area contributed by atoms with Crippen LogP contribution in [0.3, 0.4) is 0 Å². The first kappa shape index (κ1) is 30.2. The summed E-state index contributed by atoms with van der Waals surface area (Å²) in [6.07, 6.45) is 0. The molecule has 14 nitrogen and oxygen atoms in total. The molecule has 39 heavy (non-hydrogen) atoms. The predicted molar refractivity (Wildman–Crippen MR) is 130 cm³/mol. The van der Waals surface area contributed by atoms with Crippen LogP contribution >= 0.6 is 0 Å². The Morgan fingerprint density at radius 3 is 2.26 bits per heavy atom. The number of rotatable bonds is 6. The zero-order valence-electron chi connectivity index (χ0n) is 19.9. The molecular weight excluding hydrogens is 567 g/mol. The third kappa shape index (κ3) is 5.41. The molecule has 4 rings (SSSR count). The van der Waals surface area contributed by atoms with Gasteiger partial charge in [0, 0.05) is 22.1 Å². The van der Waals surface area contributed by atoms with E-state index >= 15 is 0 Å². The number of carbonyl (C=O) groups excluding carboxylic acids is 1. The second kappa shape index (κ2) is 10.7. The third-order valence-electron chi connectivity index (χ3n) is 5.55. The van der Waals surface area contributed by atoms with Gasteiger partial charge in [-0.1, -0.05) is 0 Å². The van der Waals surface area contributed by atoms with Crippen LogP contribution in [0.15, 0.2) is 56.7 Å². The van der Waals surface area contributed by atoms with Crippen molar-refractivity contribution in [1.82, 2.24) is 5.32 Å². The van der Waals surface area contributed by atoms with Gasteiger partial charge in [0.15, 0.2) is 16.2 Å². The van der Waals surface area contributed by atoms with Gasteiger partial charge < -0.3 is 30.9 Å². The zero-order valence-corrected chi connectivity index (χ0v) is 23.5. The molecule has 1 aliphatic carbocycles. The van der Waals surface area contributed by atoms with Crippen molar-refractivity contribution in [2.24, 2.45) is 5.73 Å². The molecule has 2 aromatic rings. The molecule has 0 aromatic heterocycles.